The maximum atomic E-state index is 11.4. The van der Waals surface area contributed by atoms with Crippen LogP contribution in [0.15, 0.2) is 67.0 Å². The lowest BCUT2D eigenvalue weighted by Gasteiger charge is -2.24. The molecule has 0 unspecified atom stereocenters. The predicted molar refractivity (Wildman–Crippen MR) is 89.3 cm³/mol. The Bertz CT molecular complexity index is 933. The number of fused-ring (bicyclic) bond motifs is 1. The number of para-hydroxylation sites is 1. The van der Waals surface area contributed by atoms with Crippen LogP contribution in [-0.4, -0.2) is 19.7 Å². The quantitative estimate of drug-likeness (QED) is 0.591. The second kappa shape index (κ2) is 5.62. The average Bonchev–Trinajstić information content (AvgIpc) is 3.10. The smallest absolute Gasteiger partial charge is 0.275 e. The highest BCUT2D eigenvalue weighted by Gasteiger charge is 2.28. The zero-order chi connectivity index (χ0) is 16.5. The molecule has 7 nitrogen and oxygen atoms in total. The number of nitrogens with one attached hydrogen (secondary N) is 1. The summed E-state index contributed by atoms with van der Waals surface area (Å²) >= 11 is 0. The summed E-state index contributed by atoms with van der Waals surface area (Å²) in [6.45, 7) is 0. The van der Waals surface area contributed by atoms with E-state index in [1.165, 1.54) is 12.4 Å². The molecule has 1 N–H and O–H groups in total. The van der Waals surface area contributed by atoms with Gasteiger partial charge in [0.05, 0.1) is 10.5 Å². The van der Waals surface area contributed by atoms with Crippen LogP contribution in [0.3, 0.4) is 0 Å². The molecule has 2 heterocycles. The van der Waals surface area contributed by atoms with Gasteiger partial charge in [-0.25, -0.2) is 4.68 Å². The molecule has 0 aliphatic carbocycles. The fraction of sp³-hybridized carbons (Fsp3) is 0.0588. The Morgan fingerprint density at radius 1 is 1.08 bits per heavy atom. The fourth-order valence-electron chi connectivity index (χ4n) is 2.85. The standard InChI is InChI=1S/C17H13N5O2/c23-22(24)15-9-5-4-8-13(15)16-10-14(12-6-2-1-3-7-12)20-17-18-11-19-21(16)17/h1-11,16H,(H,18,19,20)/t16-/m0/s1. The van der Waals surface area contributed by atoms with Gasteiger partial charge in [0.15, 0.2) is 0 Å². The van der Waals surface area contributed by atoms with E-state index in [4.69, 9.17) is 0 Å². The molecule has 1 aromatic heterocycles. The molecule has 0 saturated heterocycles. The molecule has 0 spiro atoms. The van der Waals surface area contributed by atoms with Crippen molar-refractivity contribution in [3.63, 3.8) is 0 Å². The lowest BCUT2D eigenvalue weighted by atomic mass is 10.0. The number of hydrogen-bond acceptors (Lipinski definition) is 5. The SMILES string of the molecule is O=[N+]([O-])c1ccccc1[C@@H]1C=C(c2ccccc2)Nc2ncnn21. The van der Waals surface area contributed by atoms with Gasteiger partial charge in [0, 0.05) is 11.8 Å². The average molecular weight is 319 g/mol. The molecule has 0 saturated carbocycles. The van der Waals surface area contributed by atoms with Gasteiger partial charge < -0.3 is 5.32 Å². The summed E-state index contributed by atoms with van der Waals surface area (Å²) in [6, 6.07) is 16.1. The van der Waals surface area contributed by atoms with E-state index in [-0.39, 0.29) is 10.6 Å². The molecule has 1 aliphatic rings. The molecule has 3 aromatic rings. The second-order valence-electron chi connectivity index (χ2n) is 5.36. The molecule has 0 bridgehead atoms. The summed E-state index contributed by atoms with van der Waals surface area (Å²) in [6.07, 6.45) is 3.37. The van der Waals surface area contributed by atoms with Crippen molar-refractivity contribution in [2.75, 3.05) is 5.32 Å². The Morgan fingerprint density at radius 2 is 1.83 bits per heavy atom. The first-order valence-electron chi connectivity index (χ1n) is 7.41. The molecule has 0 amide bonds. The van der Waals surface area contributed by atoms with Gasteiger partial charge in [-0.3, -0.25) is 10.1 Å². The van der Waals surface area contributed by atoms with E-state index in [2.05, 4.69) is 15.4 Å². The van der Waals surface area contributed by atoms with Crippen molar-refractivity contribution in [2.45, 2.75) is 6.04 Å². The Balaban J connectivity index is 1.88. The van der Waals surface area contributed by atoms with Crippen LogP contribution in [0.5, 0.6) is 0 Å². The van der Waals surface area contributed by atoms with Crippen LogP contribution < -0.4 is 5.32 Å². The Morgan fingerprint density at radius 3 is 2.62 bits per heavy atom. The number of nitro groups is 1. The van der Waals surface area contributed by atoms with Crippen LogP contribution in [0.4, 0.5) is 11.6 Å². The van der Waals surface area contributed by atoms with Gasteiger partial charge in [0.1, 0.15) is 12.4 Å². The molecule has 4 rings (SSSR count). The lowest BCUT2D eigenvalue weighted by Crippen LogP contribution is -2.21. The van der Waals surface area contributed by atoms with Crippen molar-refractivity contribution in [3.05, 3.63) is 88.2 Å². The maximum absolute atomic E-state index is 11.4. The topological polar surface area (TPSA) is 85.9 Å². The van der Waals surface area contributed by atoms with E-state index in [1.54, 1.807) is 22.9 Å². The molecular formula is C17H13N5O2. The van der Waals surface area contributed by atoms with E-state index >= 15 is 0 Å². The van der Waals surface area contributed by atoms with Crippen molar-refractivity contribution in [2.24, 2.45) is 0 Å². The zero-order valence-corrected chi connectivity index (χ0v) is 12.5. The number of rotatable bonds is 3. The van der Waals surface area contributed by atoms with Gasteiger partial charge >= 0.3 is 0 Å². The van der Waals surface area contributed by atoms with E-state index in [1.807, 2.05) is 36.4 Å². The maximum Gasteiger partial charge on any atom is 0.275 e. The molecule has 2 aromatic carbocycles. The highest BCUT2D eigenvalue weighted by Crippen LogP contribution is 2.35. The monoisotopic (exact) mass is 319 g/mol. The third kappa shape index (κ3) is 2.32. The third-order valence-corrected chi connectivity index (χ3v) is 3.94. The minimum absolute atomic E-state index is 0.0644. The van der Waals surface area contributed by atoms with Crippen molar-refractivity contribution in [1.29, 1.82) is 0 Å². The highest BCUT2D eigenvalue weighted by atomic mass is 16.6. The van der Waals surface area contributed by atoms with E-state index < -0.39 is 6.04 Å². The van der Waals surface area contributed by atoms with Gasteiger partial charge in [0.2, 0.25) is 5.95 Å². The van der Waals surface area contributed by atoms with Crippen LogP contribution >= 0.6 is 0 Å². The summed E-state index contributed by atoms with van der Waals surface area (Å²) < 4.78 is 1.65. The summed E-state index contributed by atoms with van der Waals surface area (Å²) in [4.78, 5) is 15.2. The molecule has 1 aliphatic heterocycles. The van der Waals surface area contributed by atoms with Gasteiger partial charge in [-0.15, -0.1) is 0 Å². The van der Waals surface area contributed by atoms with Crippen molar-refractivity contribution in [3.8, 4) is 0 Å². The van der Waals surface area contributed by atoms with Gasteiger partial charge in [-0.05, 0) is 17.7 Å². The van der Waals surface area contributed by atoms with E-state index in [9.17, 15) is 10.1 Å². The van der Waals surface area contributed by atoms with E-state index in [0.717, 1.165) is 11.3 Å². The molecule has 0 radical (unpaired) electrons. The number of aromatic nitrogens is 3. The van der Waals surface area contributed by atoms with E-state index in [0.29, 0.717) is 11.5 Å². The highest BCUT2D eigenvalue weighted by molar-refractivity contribution is 5.77. The fourth-order valence-corrected chi connectivity index (χ4v) is 2.85. The van der Waals surface area contributed by atoms with Gasteiger partial charge in [0.25, 0.3) is 5.69 Å². The number of allylic oxidation sites excluding steroid dienone is 1. The van der Waals surface area contributed by atoms with Gasteiger partial charge in [-0.2, -0.15) is 10.1 Å². The number of benzene rings is 2. The number of hydrogen-bond donors (Lipinski definition) is 1. The molecule has 1 atom stereocenters. The number of nitrogens with zero attached hydrogens (tertiary/aromatic N) is 4. The molecule has 7 heteroatoms. The summed E-state index contributed by atoms with van der Waals surface area (Å²) in [7, 11) is 0. The lowest BCUT2D eigenvalue weighted by molar-refractivity contribution is -0.385. The summed E-state index contributed by atoms with van der Waals surface area (Å²) in [5, 5.41) is 18.8. The van der Waals surface area contributed by atoms with Crippen LogP contribution in [0.1, 0.15) is 17.2 Å². The molecular weight excluding hydrogens is 306 g/mol. The molecule has 0 fully saturated rings. The van der Waals surface area contributed by atoms with Crippen molar-refractivity contribution in [1.82, 2.24) is 14.8 Å². The van der Waals surface area contributed by atoms with Crippen molar-refractivity contribution < 1.29 is 4.92 Å². The van der Waals surface area contributed by atoms with Crippen LogP contribution in [0.2, 0.25) is 0 Å². The Hall–Kier alpha value is -3.48. The zero-order valence-electron chi connectivity index (χ0n) is 12.5. The first-order chi connectivity index (χ1) is 11.7. The van der Waals surface area contributed by atoms with Crippen LogP contribution in [-0.2, 0) is 0 Å². The van der Waals surface area contributed by atoms with Crippen molar-refractivity contribution >= 4 is 17.3 Å². The van der Waals surface area contributed by atoms with Gasteiger partial charge in [-0.1, -0.05) is 42.5 Å². The first kappa shape index (κ1) is 14.1. The largest absolute Gasteiger partial charge is 0.324 e. The third-order valence-electron chi connectivity index (χ3n) is 3.94. The van der Waals surface area contributed by atoms with Crippen LogP contribution in [0.25, 0.3) is 5.70 Å². The molecule has 24 heavy (non-hydrogen) atoms. The predicted octanol–water partition coefficient (Wildman–Crippen LogP) is 3.24. The minimum atomic E-state index is -0.402. The summed E-state index contributed by atoms with van der Waals surface area (Å²) in [5.41, 5.74) is 2.47. The number of anilines is 1. The Kier molecular flexibility index (Phi) is 3.31. The minimum Gasteiger partial charge on any atom is -0.324 e. The molecule has 118 valence electrons. The van der Waals surface area contributed by atoms with Crippen LogP contribution in [0, 0.1) is 10.1 Å². The first-order valence-corrected chi connectivity index (χ1v) is 7.41. The second-order valence-corrected chi connectivity index (χ2v) is 5.36. The summed E-state index contributed by atoms with van der Waals surface area (Å²) in [5.74, 6) is 0.555. The Labute approximate surface area is 137 Å². The number of nitro benzene ring substituents is 1. The normalized spacial score (nSPS) is 16.0.